The fraction of sp³-hybridized carbons (Fsp3) is 0.393. The number of aromatic nitrogens is 4. The Morgan fingerprint density at radius 2 is 1.79 bits per heavy atom. The van der Waals surface area contributed by atoms with Crippen LogP contribution in [0.15, 0.2) is 60.8 Å². The van der Waals surface area contributed by atoms with Crippen LogP contribution in [0.2, 0.25) is 0 Å². The Bertz CT molecular complexity index is 1580. The fourth-order valence-corrected chi connectivity index (χ4v) is 7.11. The molecule has 0 saturated carbocycles. The number of imidazole rings is 1. The van der Waals surface area contributed by atoms with E-state index in [0.29, 0.717) is 32.6 Å². The molecule has 1 unspecified atom stereocenters. The van der Waals surface area contributed by atoms with Crippen LogP contribution in [0.1, 0.15) is 37.8 Å². The second kappa shape index (κ2) is 10.5. The molecule has 4 aromatic rings. The molecular formula is C28H32FN7O2S. The van der Waals surface area contributed by atoms with E-state index in [9.17, 15) is 12.8 Å². The highest BCUT2D eigenvalue weighted by atomic mass is 32.2. The van der Waals surface area contributed by atoms with Crippen LogP contribution < -0.4 is 9.80 Å². The third-order valence-electron chi connectivity index (χ3n) is 7.54. The third kappa shape index (κ3) is 5.08. The van der Waals surface area contributed by atoms with Crippen molar-refractivity contribution in [1.29, 1.82) is 0 Å². The molecule has 0 radical (unpaired) electrons. The van der Waals surface area contributed by atoms with Gasteiger partial charge in [-0.2, -0.15) is 4.31 Å². The lowest BCUT2D eigenvalue weighted by atomic mass is 10.0. The van der Waals surface area contributed by atoms with Crippen molar-refractivity contribution in [3.63, 3.8) is 0 Å². The molecular weight excluding hydrogens is 517 g/mol. The molecule has 3 aromatic heterocycles. The van der Waals surface area contributed by atoms with Crippen LogP contribution in [0, 0.1) is 5.82 Å². The summed E-state index contributed by atoms with van der Waals surface area (Å²) in [5.74, 6) is 1.57. The Labute approximate surface area is 227 Å². The van der Waals surface area contributed by atoms with E-state index in [1.54, 1.807) is 22.6 Å². The average molecular weight is 550 g/mol. The van der Waals surface area contributed by atoms with E-state index in [2.05, 4.69) is 14.8 Å². The smallest absolute Gasteiger partial charge is 0.214 e. The first-order chi connectivity index (χ1) is 18.9. The van der Waals surface area contributed by atoms with Crippen molar-refractivity contribution in [2.24, 2.45) is 0 Å². The molecule has 2 aliphatic rings. The number of piperazine rings is 1. The number of anilines is 2. The molecule has 11 heteroatoms. The van der Waals surface area contributed by atoms with Crippen molar-refractivity contribution < 1.29 is 12.8 Å². The van der Waals surface area contributed by atoms with E-state index in [4.69, 9.17) is 10.1 Å². The van der Waals surface area contributed by atoms with Gasteiger partial charge in [-0.25, -0.2) is 27.3 Å². The van der Waals surface area contributed by atoms with Gasteiger partial charge < -0.3 is 9.80 Å². The maximum Gasteiger partial charge on any atom is 0.214 e. The van der Waals surface area contributed by atoms with Gasteiger partial charge in [0.2, 0.25) is 10.0 Å². The summed E-state index contributed by atoms with van der Waals surface area (Å²) in [4.78, 5) is 13.8. The number of rotatable bonds is 7. The predicted octanol–water partition coefficient (Wildman–Crippen LogP) is 4.13. The average Bonchev–Trinajstić information content (AvgIpc) is 3.61. The van der Waals surface area contributed by atoms with Crippen molar-refractivity contribution in [2.75, 3.05) is 48.3 Å². The highest BCUT2D eigenvalue weighted by molar-refractivity contribution is 7.89. The Morgan fingerprint density at radius 1 is 0.974 bits per heavy atom. The highest BCUT2D eigenvalue weighted by Crippen LogP contribution is 2.35. The van der Waals surface area contributed by atoms with Crippen molar-refractivity contribution in [3.05, 3.63) is 72.2 Å². The lowest BCUT2D eigenvalue weighted by Crippen LogP contribution is -2.49. The molecule has 0 amide bonds. The van der Waals surface area contributed by atoms with Crippen LogP contribution in [0.4, 0.5) is 16.0 Å². The zero-order valence-electron chi connectivity index (χ0n) is 21.9. The summed E-state index contributed by atoms with van der Waals surface area (Å²) in [6.45, 7) is 4.82. The number of fused-ring (bicyclic) bond motifs is 1. The summed E-state index contributed by atoms with van der Waals surface area (Å²) in [5.41, 5.74) is 3.20. The second-order valence-corrected chi connectivity index (χ2v) is 12.2. The Kier molecular flexibility index (Phi) is 6.94. The van der Waals surface area contributed by atoms with E-state index in [1.165, 1.54) is 6.07 Å². The monoisotopic (exact) mass is 549 g/mol. The number of sulfonamides is 1. The summed E-state index contributed by atoms with van der Waals surface area (Å²) in [6, 6.07) is 16.7. The van der Waals surface area contributed by atoms with Gasteiger partial charge in [-0.05, 0) is 61.2 Å². The molecule has 2 fully saturated rings. The van der Waals surface area contributed by atoms with Gasteiger partial charge in [-0.3, -0.25) is 0 Å². The van der Waals surface area contributed by atoms with E-state index in [-0.39, 0.29) is 17.6 Å². The Hall–Kier alpha value is -3.57. The van der Waals surface area contributed by atoms with E-state index in [0.717, 1.165) is 53.6 Å². The number of nitrogens with zero attached hydrogens (tertiary/aromatic N) is 7. The van der Waals surface area contributed by atoms with Gasteiger partial charge in [0.05, 0.1) is 23.7 Å². The molecule has 204 valence electrons. The molecule has 39 heavy (non-hydrogen) atoms. The van der Waals surface area contributed by atoms with Crippen molar-refractivity contribution >= 4 is 27.3 Å². The van der Waals surface area contributed by atoms with Crippen LogP contribution >= 0.6 is 0 Å². The molecule has 5 heterocycles. The van der Waals surface area contributed by atoms with Crippen LogP contribution in [0.5, 0.6) is 0 Å². The number of halogens is 1. The minimum absolute atomic E-state index is 0.0684. The number of hydrogen-bond donors (Lipinski definition) is 0. The third-order valence-corrected chi connectivity index (χ3v) is 9.62. The summed E-state index contributed by atoms with van der Waals surface area (Å²) in [5, 5.41) is 4.95. The highest BCUT2D eigenvalue weighted by Gasteiger charge is 2.29. The van der Waals surface area contributed by atoms with Crippen LogP contribution in [0.25, 0.3) is 17.0 Å². The number of hydrogen-bond acceptors (Lipinski definition) is 7. The normalized spacial score (nSPS) is 18.8. The van der Waals surface area contributed by atoms with Crippen molar-refractivity contribution in [2.45, 2.75) is 32.2 Å². The zero-order chi connectivity index (χ0) is 27.0. The lowest BCUT2D eigenvalue weighted by Gasteiger charge is -2.34. The molecule has 6 rings (SSSR count). The fourth-order valence-electron chi connectivity index (χ4n) is 5.62. The van der Waals surface area contributed by atoms with Crippen LogP contribution in [-0.2, 0) is 10.0 Å². The van der Waals surface area contributed by atoms with Crippen molar-refractivity contribution in [1.82, 2.24) is 23.9 Å². The van der Waals surface area contributed by atoms with Crippen molar-refractivity contribution in [3.8, 4) is 11.4 Å². The number of benzene rings is 1. The zero-order valence-corrected chi connectivity index (χ0v) is 22.8. The van der Waals surface area contributed by atoms with E-state index < -0.39 is 10.0 Å². The van der Waals surface area contributed by atoms with Gasteiger partial charge in [-0.15, -0.1) is 5.10 Å². The first-order valence-electron chi connectivity index (χ1n) is 13.5. The van der Waals surface area contributed by atoms with Gasteiger partial charge in [-0.1, -0.05) is 25.1 Å². The van der Waals surface area contributed by atoms with Gasteiger partial charge in [0, 0.05) is 32.7 Å². The lowest BCUT2D eigenvalue weighted by molar-refractivity contribution is 0.383. The van der Waals surface area contributed by atoms with Gasteiger partial charge in [0.1, 0.15) is 23.1 Å². The molecule has 0 aliphatic carbocycles. The van der Waals surface area contributed by atoms with E-state index in [1.807, 2.05) is 47.8 Å². The predicted molar refractivity (Wildman–Crippen MR) is 150 cm³/mol. The summed E-state index contributed by atoms with van der Waals surface area (Å²) >= 11 is 0. The van der Waals surface area contributed by atoms with Gasteiger partial charge >= 0.3 is 0 Å². The first-order valence-corrected chi connectivity index (χ1v) is 15.1. The molecule has 9 nitrogen and oxygen atoms in total. The minimum Gasteiger partial charge on any atom is -0.354 e. The minimum atomic E-state index is -3.20. The van der Waals surface area contributed by atoms with Crippen LogP contribution in [-0.4, -0.2) is 70.8 Å². The number of pyridine rings is 1. The molecule has 2 aliphatic heterocycles. The molecule has 0 spiro atoms. The summed E-state index contributed by atoms with van der Waals surface area (Å²) in [6.07, 6.45) is 4.34. The molecule has 2 saturated heterocycles. The Morgan fingerprint density at radius 3 is 2.59 bits per heavy atom. The molecule has 0 bridgehead atoms. The second-order valence-electron chi connectivity index (χ2n) is 10.1. The topological polar surface area (TPSA) is 86.9 Å². The standard InChI is InChI=1S/C28H32FN7O2S/c1-2-18-39(37,38)34-16-14-33(15-17-34)27-10-4-8-23(31-27)25-20-30-26-11-12-28(32-36(25)26)35-13-5-9-24(35)21-6-3-7-22(29)19-21/h3-4,6-8,10-12,19-20,24H,2,5,9,13-18H2,1H3. The molecule has 1 aromatic carbocycles. The molecule has 0 N–H and O–H groups in total. The maximum atomic E-state index is 13.9. The van der Waals surface area contributed by atoms with Gasteiger partial charge in [0.25, 0.3) is 0 Å². The first kappa shape index (κ1) is 25.7. The summed E-state index contributed by atoms with van der Waals surface area (Å²) in [7, 11) is -3.20. The van der Waals surface area contributed by atoms with Gasteiger partial charge in [0.15, 0.2) is 5.65 Å². The Balaban J connectivity index is 1.26. The maximum absolute atomic E-state index is 13.9. The molecule has 1 atom stereocenters. The summed E-state index contributed by atoms with van der Waals surface area (Å²) < 4.78 is 42.3. The largest absolute Gasteiger partial charge is 0.354 e. The SMILES string of the molecule is CCCS(=O)(=O)N1CCN(c2cccc(-c3cnc4ccc(N5CCCC5c5cccc(F)c5)nn34)n2)CC1. The quantitative estimate of drug-likeness (QED) is 0.343. The van der Waals surface area contributed by atoms with E-state index >= 15 is 0 Å². The van der Waals surface area contributed by atoms with Crippen LogP contribution in [0.3, 0.4) is 0 Å².